The molecule has 1 heterocycles. The van der Waals surface area contributed by atoms with Crippen LogP contribution in [0, 0.1) is 22.9 Å². The number of carbonyl (C=O) groups is 1. The van der Waals surface area contributed by atoms with Gasteiger partial charge in [-0.25, -0.2) is 9.37 Å². The number of rotatable bonds is 9. The van der Waals surface area contributed by atoms with Gasteiger partial charge >= 0.3 is 0 Å². The van der Waals surface area contributed by atoms with Crippen molar-refractivity contribution in [2.24, 2.45) is 0 Å². The maximum absolute atomic E-state index is 14.0. The van der Waals surface area contributed by atoms with Crippen LogP contribution in [0.3, 0.4) is 0 Å². The molecular formula is C29H30FN5O4. The summed E-state index contributed by atoms with van der Waals surface area (Å²) in [5.74, 6) is -0.542. The fraction of sp³-hybridized carbons (Fsp3) is 0.276. The molecule has 0 saturated heterocycles. The number of amides is 1. The van der Waals surface area contributed by atoms with Gasteiger partial charge in [-0.15, -0.1) is 0 Å². The Morgan fingerprint density at radius 3 is 2.41 bits per heavy atom. The molecule has 0 aliphatic rings. The van der Waals surface area contributed by atoms with Crippen molar-refractivity contribution in [1.29, 1.82) is 0 Å². The average molecular weight is 532 g/mol. The second-order valence-corrected chi connectivity index (χ2v) is 9.59. The third kappa shape index (κ3) is 5.70. The predicted molar refractivity (Wildman–Crippen MR) is 148 cm³/mol. The Labute approximate surface area is 225 Å². The molecule has 1 unspecified atom stereocenters. The molecule has 0 spiro atoms. The van der Waals surface area contributed by atoms with Crippen molar-refractivity contribution < 1.29 is 14.1 Å². The van der Waals surface area contributed by atoms with Crippen molar-refractivity contribution in [3.63, 3.8) is 0 Å². The zero-order valence-electron chi connectivity index (χ0n) is 22.3. The molecular weight excluding hydrogens is 501 g/mol. The lowest BCUT2D eigenvalue weighted by Gasteiger charge is -2.33. The fourth-order valence-electron chi connectivity index (χ4n) is 4.57. The van der Waals surface area contributed by atoms with Gasteiger partial charge in [0, 0.05) is 30.3 Å². The summed E-state index contributed by atoms with van der Waals surface area (Å²) in [6.07, 6.45) is 0.402. The van der Waals surface area contributed by atoms with Crippen LogP contribution in [0.15, 0.2) is 71.5 Å². The first kappa shape index (κ1) is 27.6. The number of nitro groups is 1. The molecule has 0 radical (unpaired) electrons. The van der Waals surface area contributed by atoms with Crippen LogP contribution in [0.1, 0.15) is 41.1 Å². The van der Waals surface area contributed by atoms with Gasteiger partial charge in [-0.3, -0.25) is 24.3 Å². The van der Waals surface area contributed by atoms with Gasteiger partial charge in [-0.2, -0.15) is 0 Å². The molecule has 202 valence electrons. The normalized spacial score (nSPS) is 12.1. The highest BCUT2D eigenvalue weighted by Gasteiger charge is 2.30. The minimum absolute atomic E-state index is 0.145. The number of aromatic nitrogens is 2. The SMILES string of the molecule is CCC(c1nc2ccccc2c(=O)n1-c1ccc(F)cc1)N(CCN(C)C)C(=O)c1ccc(C)c([N+](=O)[O-])c1. The number of hydrogen-bond donors (Lipinski definition) is 0. The maximum Gasteiger partial charge on any atom is 0.273 e. The Hall–Kier alpha value is -4.44. The van der Waals surface area contributed by atoms with E-state index < -0.39 is 22.7 Å². The summed E-state index contributed by atoms with van der Waals surface area (Å²) in [7, 11) is 3.76. The zero-order valence-corrected chi connectivity index (χ0v) is 22.3. The summed E-state index contributed by atoms with van der Waals surface area (Å²) >= 11 is 0. The molecule has 0 fully saturated rings. The molecule has 10 heteroatoms. The molecule has 0 bridgehead atoms. The minimum atomic E-state index is -0.667. The maximum atomic E-state index is 14.0. The summed E-state index contributed by atoms with van der Waals surface area (Å²) in [5.41, 5.74) is 1.02. The first-order chi connectivity index (χ1) is 18.6. The topological polar surface area (TPSA) is 102 Å². The van der Waals surface area contributed by atoms with Crippen molar-refractivity contribution in [3.05, 3.63) is 110 Å². The van der Waals surface area contributed by atoms with Gasteiger partial charge in [0.25, 0.3) is 17.2 Å². The van der Waals surface area contributed by atoms with E-state index in [2.05, 4.69) is 0 Å². The predicted octanol–water partition coefficient (Wildman–Crippen LogP) is 4.90. The largest absolute Gasteiger partial charge is 0.327 e. The fourth-order valence-corrected chi connectivity index (χ4v) is 4.57. The third-order valence-corrected chi connectivity index (χ3v) is 6.65. The number of nitrogens with zero attached hydrogens (tertiary/aromatic N) is 5. The van der Waals surface area contributed by atoms with Crippen LogP contribution in [0.5, 0.6) is 0 Å². The van der Waals surface area contributed by atoms with E-state index in [1.54, 1.807) is 48.2 Å². The van der Waals surface area contributed by atoms with E-state index in [4.69, 9.17) is 4.98 Å². The van der Waals surface area contributed by atoms with Gasteiger partial charge < -0.3 is 9.80 Å². The van der Waals surface area contributed by atoms with Crippen molar-refractivity contribution in [3.8, 4) is 5.69 Å². The first-order valence-corrected chi connectivity index (χ1v) is 12.6. The van der Waals surface area contributed by atoms with Crippen LogP contribution in [0.2, 0.25) is 0 Å². The number of para-hydroxylation sites is 1. The minimum Gasteiger partial charge on any atom is -0.327 e. The molecule has 0 N–H and O–H groups in total. The third-order valence-electron chi connectivity index (χ3n) is 6.65. The van der Waals surface area contributed by atoms with Crippen molar-refractivity contribution in [1.82, 2.24) is 19.4 Å². The number of hydrogen-bond acceptors (Lipinski definition) is 6. The number of likely N-dealkylation sites (N-methyl/N-ethyl adjacent to an activating group) is 1. The van der Waals surface area contributed by atoms with Gasteiger partial charge in [0.2, 0.25) is 0 Å². The van der Waals surface area contributed by atoms with E-state index in [0.29, 0.717) is 40.9 Å². The Kier molecular flexibility index (Phi) is 8.15. The summed E-state index contributed by atoms with van der Waals surface area (Å²) < 4.78 is 15.2. The molecule has 3 aromatic carbocycles. The van der Waals surface area contributed by atoms with Crippen LogP contribution in [0.25, 0.3) is 16.6 Å². The van der Waals surface area contributed by atoms with Gasteiger partial charge in [0.05, 0.1) is 27.6 Å². The van der Waals surface area contributed by atoms with Gasteiger partial charge in [-0.1, -0.05) is 25.1 Å². The molecule has 1 atom stereocenters. The van der Waals surface area contributed by atoms with Gasteiger partial charge in [-0.05, 0) is 69.9 Å². The Balaban J connectivity index is 1.93. The standard InChI is InChI=1S/C29H30FN5O4/c1-5-25(33(17-16-32(3)4)28(36)20-11-10-19(2)26(18-20)35(38)39)27-31-24-9-7-6-8-23(24)29(37)34(27)22-14-12-21(30)13-15-22/h6-15,18,25H,5,16-17H2,1-4H3. The van der Waals surface area contributed by atoms with Crippen molar-refractivity contribution in [2.75, 3.05) is 27.2 Å². The number of nitro benzene ring substituents is 1. The summed E-state index contributed by atoms with van der Waals surface area (Å²) in [4.78, 5) is 47.2. The molecule has 4 aromatic rings. The quantitative estimate of drug-likeness (QED) is 0.225. The first-order valence-electron chi connectivity index (χ1n) is 12.6. The smallest absolute Gasteiger partial charge is 0.273 e. The highest BCUT2D eigenvalue weighted by atomic mass is 19.1. The van der Waals surface area contributed by atoms with Crippen LogP contribution in [-0.2, 0) is 0 Å². The van der Waals surface area contributed by atoms with E-state index in [0.717, 1.165) is 0 Å². The zero-order chi connectivity index (χ0) is 28.3. The summed E-state index contributed by atoms with van der Waals surface area (Å²) in [5, 5.41) is 12.0. The van der Waals surface area contributed by atoms with E-state index in [9.17, 15) is 24.1 Å². The number of benzene rings is 3. The Morgan fingerprint density at radius 1 is 1.08 bits per heavy atom. The number of fused-ring (bicyclic) bond motifs is 1. The van der Waals surface area contributed by atoms with E-state index in [-0.39, 0.29) is 23.4 Å². The lowest BCUT2D eigenvalue weighted by molar-refractivity contribution is -0.385. The van der Waals surface area contributed by atoms with E-state index >= 15 is 0 Å². The molecule has 0 aliphatic heterocycles. The van der Waals surface area contributed by atoms with Crippen LogP contribution in [0.4, 0.5) is 10.1 Å². The van der Waals surface area contributed by atoms with E-state index in [1.165, 1.54) is 34.9 Å². The lowest BCUT2D eigenvalue weighted by atomic mass is 10.1. The van der Waals surface area contributed by atoms with Gasteiger partial charge in [0.1, 0.15) is 11.6 Å². The molecule has 1 amide bonds. The van der Waals surface area contributed by atoms with Crippen LogP contribution >= 0.6 is 0 Å². The van der Waals surface area contributed by atoms with Crippen LogP contribution < -0.4 is 5.56 Å². The Morgan fingerprint density at radius 2 is 1.77 bits per heavy atom. The highest BCUT2D eigenvalue weighted by Crippen LogP contribution is 2.29. The lowest BCUT2D eigenvalue weighted by Crippen LogP contribution is -2.41. The molecule has 9 nitrogen and oxygen atoms in total. The molecule has 4 rings (SSSR count). The summed E-state index contributed by atoms with van der Waals surface area (Å²) in [6.45, 7) is 4.28. The summed E-state index contributed by atoms with van der Waals surface area (Å²) in [6, 6.07) is 16.2. The average Bonchev–Trinajstić information content (AvgIpc) is 2.91. The molecule has 0 aliphatic carbocycles. The van der Waals surface area contributed by atoms with Crippen molar-refractivity contribution in [2.45, 2.75) is 26.3 Å². The molecule has 1 aromatic heterocycles. The number of halogens is 1. The Bertz CT molecular complexity index is 1580. The number of carbonyl (C=O) groups excluding carboxylic acids is 1. The molecule has 39 heavy (non-hydrogen) atoms. The monoisotopic (exact) mass is 531 g/mol. The van der Waals surface area contributed by atoms with E-state index in [1.807, 2.05) is 25.9 Å². The van der Waals surface area contributed by atoms with Gasteiger partial charge in [0.15, 0.2) is 0 Å². The number of aryl methyl sites for hydroxylation is 1. The second-order valence-electron chi connectivity index (χ2n) is 9.59. The second kappa shape index (κ2) is 11.5. The highest BCUT2D eigenvalue weighted by molar-refractivity contribution is 5.95. The van der Waals surface area contributed by atoms with Crippen molar-refractivity contribution >= 4 is 22.5 Å². The molecule has 0 saturated carbocycles. The van der Waals surface area contributed by atoms with Crippen LogP contribution in [-0.4, -0.2) is 57.4 Å².